The summed E-state index contributed by atoms with van der Waals surface area (Å²) >= 11 is 0. The van der Waals surface area contributed by atoms with Crippen molar-refractivity contribution in [1.82, 2.24) is 4.98 Å². The Labute approximate surface area is 124 Å². The molecule has 3 heteroatoms. The van der Waals surface area contributed by atoms with Crippen molar-refractivity contribution in [3.8, 4) is 17.3 Å². The number of fused-ring (bicyclic) bond motifs is 1. The number of aromatic nitrogens is 1. The zero-order chi connectivity index (χ0) is 14.8. The van der Waals surface area contributed by atoms with E-state index in [1.54, 1.807) is 0 Å². The molecule has 1 aliphatic rings. The van der Waals surface area contributed by atoms with Gasteiger partial charge in [-0.2, -0.15) is 5.26 Å². The van der Waals surface area contributed by atoms with Gasteiger partial charge in [0.05, 0.1) is 5.69 Å². The number of H-pyrrole nitrogens is 1. The first-order valence-corrected chi connectivity index (χ1v) is 7.48. The molecular weight excluding hydrogens is 260 g/mol. The molecule has 0 unspecified atom stereocenters. The molecular formula is C18H18N2O. The van der Waals surface area contributed by atoms with Crippen LogP contribution in [-0.2, 0) is 12.8 Å². The molecule has 0 aliphatic heterocycles. The van der Waals surface area contributed by atoms with Crippen molar-refractivity contribution in [2.75, 3.05) is 0 Å². The summed E-state index contributed by atoms with van der Waals surface area (Å²) in [6.45, 7) is 2.20. The van der Waals surface area contributed by atoms with Gasteiger partial charge in [0.25, 0.3) is 5.56 Å². The molecule has 0 spiro atoms. The molecule has 2 aromatic rings. The number of hydrogen-bond donors (Lipinski definition) is 1. The van der Waals surface area contributed by atoms with Gasteiger partial charge in [-0.15, -0.1) is 0 Å². The van der Waals surface area contributed by atoms with Crippen molar-refractivity contribution in [2.45, 2.75) is 32.6 Å². The third-order valence-corrected chi connectivity index (χ3v) is 4.48. The molecule has 1 heterocycles. The van der Waals surface area contributed by atoms with E-state index >= 15 is 0 Å². The summed E-state index contributed by atoms with van der Waals surface area (Å²) in [7, 11) is 0. The first kappa shape index (κ1) is 13.6. The summed E-state index contributed by atoms with van der Waals surface area (Å²) in [5, 5.41) is 9.29. The molecule has 21 heavy (non-hydrogen) atoms. The second-order valence-electron chi connectivity index (χ2n) is 5.66. The molecule has 0 radical (unpaired) electrons. The van der Waals surface area contributed by atoms with Gasteiger partial charge in [0.1, 0.15) is 11.6 Å². The second-order valence-corrected chi connectivity index (χ2v) is 5.66. The molecule has 0 saturated carbocycles. The Hall–Kier alpha value is -2.34. The first-order chi connectivity index (χ1) is 10.2. The number of rotatable bonds is 2. The predicted octanol–water partition coefficient (Wildman–Crippen LogP) is 3.43. The van der Waals surface area contributed by atoms with E-state index in [9.17, 15) is 10.1 Å². The third-order valence-electron chi connectivity index (χ3n) is 4.48. The maximum absolute atomic E-state index is 12.2. The van der Waals surface area contributed by atoms with Crippen LogP contribution in [0.2, 0.25) is 0 Å². The molecule has 1 aromatic heterocycles. The van der Waals surface area contributed by atoms with Gasteiger partial charge in [0.2, 0.25) is 0 Å². The van der Waals surface area contributed by atoms with Crippen LogP contribution in [0.15, 0.2) is 35.1 Å². The lowest BCUT2D eigenvalue weighted by Gasteiger charge is -2.26. The zero-order valence-electron chi connectivity index (χ0n) is 12.1. The largest absolute Gasteiger partial charge is 0.321 e. The van der Waals surface area contributed by atoms with E-state index in [2.05, 4.69) is 18.0 Å². The highest BCUT2D eigenvalue weighted by Crippen LogP contribution is 2.33. The number of nitriles is 1. The lowest BCUT2D eigenvalue weighted by Crippen LogP contribution is -2.23. The highest BCUT2D eigenvalue weighted by molar-refractivity contribution is 5.66. The van der Waals surface area contributed by atoms with E-state index in [-0.39, 0.29) is 5.56 Å². The van der Waals surface area contributed by atoms with E-state index in [1.165, 1.54) is 0 Å². The minimum Gasteiger partial charge on any atom is -0.321 e. The fourth-order valence-electron chi connectivity index (χ4n) is 3.25. The van der Waals surface area contributed by atoms with Gasteiger partial charge in [0, 0.05) is 0 Å². The quantitative estimate of drug-likeness (QED) is 0.915. The van der Waals surface area contributed by atoms with E-state index in [0.717, 1.165) is 48.1 Å². The van der Waals surface area contributed by atoms with E-state index < -0.39 is 0 Å². The Kier molecular flexibility index (Phi) is 3.62. The monoisotopic (exact) mass is 278 g/mol. The fourth-order valence-corrected chi connectivity index (χ4v) is 3.25. The van der Waals surface area contributed by atoms with Crippen molar-refractivity contribution in [2.24, 2.45) is 5.92 Å². The Morgan fingerprint density at radius 1 is 1.29 bits per heavy atom. The topological polar surface area (TPSA) is 56.6 Å². The molecule has 3 rings (SSSR count). The van der Waals surface area contributed by atoms with Gasteiger partial charge in [-0.05, 0) is 41.9 Å². The van der Waals surface area contributed by atoms with Gasteiger partial charge < -0.3 is 4.98 Å². The predicted molar refractivity (Wildman–Crippen MR) is 83.0 cm³/mol. The molecule has 1 N–H and O–H groups in total. The number of pyridine rings is 1. The Bertz CT molecular complexity index is 753. The smallest absolute Gasteiger partial charge is 0.266 e. The molecule has 1 atom stereocenters. The van der Waals surface area contributed by atoms with Crippen LogP contribution in [-0.4, -0.2) is 4.98 Å². The van der Waals surface area contributed by atoms with Crippen LogP contribution in [0.4, 0.5) is 0 Å². The summed E-state index contributed by atoms with van der Waals surface area (Å²) in [6.07, 6.45) is 3.98. The van der Waals surface area contributed by atoms with E-state index in [1.807, 2.05) is 30.3 Å². The standard InChI is InChI=1S/C18H18N2O/c1-2-12-8-9-14-15(10-12)17(13-6-4-3-5-7-13)20-18(21)16(14)11-19/h3-7,12H,2,8-10H2,1H3,(H,20,21)/t12-/m0/s1. The van der Waals surface area contributed by atoms with Gasteiger partial charge in [-0.25, -0.2) is 0 Å². The van der Waals surface area contributed by atoms with Crippen molar-refractivity contribution >= 4 is 0 Å². The lowest BCUT2D eigenvalue weighted by molar-refractivity contribution is 0.444. The minimum atomic E-state index is -0.259. The van der Waals surface area contributed by atoms with Crippen molar-refractivity contribution in [3.63, 3.8) is 0 Å². The Morgan fingerprint density at radius 2 is 2.05 bits per heavy atom. The molecule has 3 nitrogen and oxygen atoms in total. The van der Waals surface area contributed by atoms with Crippen molar-refractivity contribution in [3.05, 3.63) is 57.4 Å². The van der Waals surface area contributed by atoms with Gasteiger partial charge in [-0.1, -0.05) is 43.7 Å². The van der Waals surface area contributed by atoms with Crippen LogP contribution in [0.25, 0.3) is 11.3 Å². The summed E-state index contributed by atoms with van der Waals surface area (Å²) < 4.78 is 0. The third kappa shape index (κ3) is 2.38. The van der Waals surface area contributed by atoms with Crippen molar-refractivity contribution in [1.29, 1.82) is 5.26 Å². The van der Waals surface area contributed by atoms with Crippen molar-refractivity contribution < 1.29 is 0 Å². The van der Waals surface area contributed by atoms with Crippen LogP contribution in [0.3, 0.4) is 0 Å². The average Bonchev–Trinajstić information content (AvgIpc) is 2.54. The number of nitrogens with one attached hydrogen (secondary N) is 1. The summed E-state index contributed by atoms with van der Waals surface area (Å²) in [4.78, 5) is 15.1. The van der Waals surface area contributed by atoms with Crippen LogP contribution in [0, 0.1) is 17.2 Å². The number of hydrogen-bond acceptors (Lipinski definition) is 2. The second kappa shape index (κ2) is 5.57. The van der Waals surface area contributed by atoms with Gasteiger partial charge in [-0.3, -0.25) is 4.79 Å². The SMILES string of the molecule is CC[C@H]1CCc2c(c(-c3ccccc3)[nH]c(=O)c2C#N)C1. The van der Waals surface area contributed by atoms with Crippen LogP contribution in [0.5, 0.6) is 0 Å². The lowest BCUT2D eigenvalue weighted by atomic mass is 9.79. The average molecular weight is 278 g/mol. The fraction of sp³-hybridized carbons (Fsp3) is 0.333. The van der Waals surface area contributed by atoms with Gasteiger partial charge in [0.15, 0.2) is 0 Å². The van der Waals surface area contributed by atoms with Gasteiger partial charge >= 0.3 is 0 Å². The highest BCUT2D eigenvalue weighted by Gasteiger charge is 2.25. The highest BCUT2D eigenvalue weighted by atomic mass is 16.1. The van der Waals surface area contributed by atoms with Crippen LogP contribution >= 0.6 is 0 Å². The maximum atomic E-state index is 12.2. The van der Waals surface area contributed by atoms with E-state index in [0.29, 0.717) is 11.5 Å². The molecule has 0 fully saturated rings. The number of benzene rings is 1. The number of aromatic amines is 1. The minimum absolute atomic E-state index is 0.259. The summed E-state index contributed by atoms with van der Waals surface area (Å²) in [5.41, 5.74) is 4.09. The zero-order valence-corrected chi connectivity index (χ0v) is 12.1. The maximum Gasteiger partial charge on any atom is 0.266 e. The molecule has 0 saturated heterocycles. The molecule has 0 bridgehead atoms. The first-order valence-electron chi connectivity index (χ1n) is 7.48. The van der Waals surface area contributed by atoms with Crippen LogP contribution < -0.4 is 5.56 Å². The molecule has 1 aliphatic carbocycles. The summed E-state index contributed by atoms with van der Waals surface area (Å²) in [5.74, 6) is 0.636. The number of nitrogens with zero attached hydrogens (tertiary/aromatic N) is 1. The molecule has 106 valence electrons. The Balaban J connectivity index is 2.24. The van der Waals surface area contributed by atoms with E-state index in [4.69, 9.17) is 0 Å². The molecule has 0 amide bonds. The van der Waals surface area contributed by atoms with Crippen LogP contribution in [0.1, 0.15) is 36.5 Å². The Morgan fingerprint density at radius 3 is 2.71 bits per heavy atom. The normalized spacial score (nSPS) is 17.0. The summed E-state index contributed by atoms with van der Waals surface area (Å²) in [6, 6.07) is 12.0. The molecule has 1 aromatic carbocycles.